The molecule has 4 unspecified atom stereocenters. The average Bonchev–Trinajstić information content (AvgIpc) is 3.42. The van der Waals surface area contributed by atoms with Gasteiger partial charge in [-0.15, -0.1) is 0 Å². The lowest BCUT2D eigenvalue weighted by atomic mass is 10.1. The molecule has 4 fully saturated rings. The van der Waals surface area contributed by atoms with Crippen molar-refractivity contribution in [3.05, 3.63) is 0 Å². The highest BCUT2D eigenvalue weighted by atomic mass is 16.5. The van der Waals surface area contributed by atoms with Gasteiger partial charge in [0.15, 0.2) is 0 Å². The summed E-state index contributed by atoms with van der Waals surface area (Å²) in [7, 11) is 0. The molecule has 134 valence electrons. The second kappa shape index (κ2) is 5.70. The van der Waals surface area contributed by atoms with E-state index in [0.717, 1.165) is 38.5 Å². The van der Waals surface area contributed by atoms with E-state index >= 15 is 0 Å². The van der Waals surface area contributed by atoms with Gasteiger partial charge in [0.05, 0.1) is 11.2 Å². The number of carbonyl (C=O) groups excluding carboxylic acids is 2. The summed E-state index contributed by atoms with van der Waals surface area (Å²) in [5.41, 5.74) is -0.131. The number of hydrogen-bond donors (Lipinski definition) is 2. The fourth-order valence-corrected chi connectivity index (χ4v) is 3.73. The molecule has 2 N–H and O–H groups in total. The molecule has 0 aromatic heterocycles. The topological polar surface area (TPSA) is 76.7 Å². The number of amides is 2. The molecule has 0 bridgehead atoms. The molecule has 0 heterocycles. The summed E-state index contributed by atoms with van der Waals surface area (Å²) < 4.78 is 11.2. The van der Waals surface area contributed by atoms with E-state index in [4.69, 9.17) is 9.47 Å². The maximum Gasteiger partial charge on any atom is 0.246 e. The number of fused-ring (bicyclic) bond motifs is 1. The fraction of sp³-hybridized carbons (Fsp3) is 0.889. The summed E-state index contributed by atoms with van der Waals surface area (Å²) in [6.45, 7) is 4.38. The normalized spacial score (nSPS) is 36.6. The van der Waals surface area contributed by atoms with Gasteiger partial charge in [-0.2, -0.15) is 0 Å². The highest BCUT2D eigenvalue weighted by Gasteiger charge is 2.55. The lowest BCUT2D eigenvalue weighted by Crippen LogP contribution is -2.42. The van der Waals surface area contributed by atoms with E-state index in [-0.39, 0.29) is 48.3 Å². The van der Waals surface area contributed by atoms with E-state index in [1.165, 1.54) is 0 Å². The van der Waals surface area contributed by atoms with Gasteiger partial charge in [-0.25, -0.2) is 0 Å². The average molecular weight is 336 g/mol. The molecule has 4 saturated carbocycles. The van der Waals surface area contributed by atoms with Gasteiger partial charge in [0.25, 0.3) is 0 Å². The summed E-state index contributed by atoms with van der Waals surface area (Å²) in [4.78, 5) is 24.1. The quantitative estimate of drug-likeness (QED) is 0.697. The van der Waals surface area contributed by atoms with Crippen LogP contribution in [0, 0.1) is 11.8 Å². The highest BCUT2D eigenvalue weighted by Crippen LogP contribution is 2.52. The van der Waals surface area contributed by atoms with E-state index in [1.54, 1.807) is 0 Å². The molecule has 6 nitrogen and oxygen atoms in total. The van der Waals surface area contributed by atoms with Crippen molar-refractivity contribution in [3.8, 4) is 0 Å². The third kappa shape index (κ3) is 3.75. The number of rotatable bonds is 8. The standard InChI is InChI=1S/C18H28N2O4/c1-17(3-4-17)23-9-15(21)19-13-8-14(12-7-11(12)13)20-16(22)10-24-18(2)5-6-18/h11-14H,3-10H2,1-2H3,(H,19,21)(H,20,22). The van der Waals surface area contributed by atoms with Crippen molar-refractivity contribution in [2.75, 3.05) is 13.2 Å². The lowest BCUT2D eigenvalue weighted by Gasteiger charge is -2.20. The van der Waals surface area contributed by atoms with E-state index < -0.39 is 0 Å². The SMILES string of the molecule is CC1(OCC(=O)NC2CC(NC(=O)COC3(C)CC3)C3CC23)CC1. The Balaban J connectivity index is 1.18. The predicted octanol–water partition coefficient (Wildman–Crippen LogP) is 1.13. The van der Waals surface area contributed by atoms with Gasteiger partial charge in [-0.3, -0.25) is 9.59 Å². The van der Waals surface area contributed by atoms with E-state index in [0.29, 0.717) is 11.8 Å². The zero-order chi connectivity index (χ0) is 16.9. The Morgan fingerprint density at radius 1 is 0.833 bits per heavy atom. The summed E-state index contributed by atoms with van der Waals surface area (Å²) in [6.07, 6.45) is 6.09. The lowest BCUT2D eigenvalue weighted by molar-refractivity contribution is -0.129. The Kier molecular flexibility index (Phi) is 3.88. The Morgan fingerprint density at radius 2 is 1.25 bits per heavy atom. The van der Waals surface area contributed by atoms with Crippen molar-refractivity contribution in [1.82, 2.24) is 10.6 Å². The molecule has 0 aliphatic heterocycles. The number of hydrogen-bond acceptors (Lipinski definition) is 4. The van der Waals surface area contributed by atoms with Gasteiger partial charge in [-0.1, -0.05) is 0 Å². The highest BCUT2D eigenvalue weighted by molar-refractivity contribution is 5.78. The molecule has 4 atom stereocenters. The Labute approximate surface area is 143 Å². The Bertz CT molecular complexity index is 495. The van der Waals surface area contributed by atoms with Gasteiger partial charge >= 0.3 is 0 Å². The van der Waals surface area contributed by atoms with Crippen LogP contribution in [0.5, 0.6) is 0 Å². The monoisotopic (exact) mass is 336 g/mol. The maximum atomic E-state index is 12.0. The molecule has 0 spiro atoms. The smallest absolute Gasteiger partial charge is 0.246 e. The van der Waals surface area contributed by atoms with Gasteiger partial charge < -0.3 is 20.1 Å². The van der Waals surface area contributed by atoms with Crippen molar-refractivity contribution in [2.45, 2.75) is 75.7 Å². The Morgan fingerprint density at radius 3 is 1.62 bits per heavy atom. The first kappa shape index (κ1) is 16.3. The molecule has 4 aliphatic carbocycles. The van der Waals surface area contributed by atoms with Gasteiger partial charge in [-0.05, 0) is 64.2 Å². The molecule has 0 saturated heterocycles. The van der Waals surface area contributed by atoms with E-state index in [9.17, 15) is 9.59 Å². The van der Waals surface area contributed by atoms with Crippen LogP contribution in [0.2, 0.25) is 0 Å². The van der Waals surface area contributed by atoms with E-state index in [2.05, 4.69) is 10.6 Å². The first-order chi connectivity index (χ1) is 11.4. The maximum absolute atomic E-state index is 12.0. The van der Waals surface area contributed by atoms with Gasteiger partial charge in [0.2, 0.25) is 11.8 Å². The van der Waals surface area contributed by atoms with Crippen LogP contribution in [0.3, 0.4) is 0 Å². The molecule has 0 aromatic carbocycles. The summed E-state index contributed by atoms with van der Waals surface area (Å²) in [5.74, 6) is 0.960. The van der Waals surface area contributed by atoms with Crippen molar-refractivity contribution < 1.29 is 19.1 Å². The zero-order valence-corrected chi connectivity index (χ0v) is 14.6. The van der Waals surface area contributed by atoms with Crippen LogP contribution >= 0.6 is 0 Å². The molecule has 2 amide bonds. The summed E-state index contributed by atoms with van der Waals surface area (Å²) in [6, 6.07) is 0.343. The van der Waals surface area contributed by atoms with E-state index in [1.807, 2.05) is 13.8 Å². The number of ether oxygens (including phenoxy) is 2. The zero-order valence-electron chi connectivity index (χ0n) is 14.6. The van der Waals surface area contributed by atoms with Crippen LogP contribution in [0.15, 0.2) is 0 Å². The van der Waals surface area contributed by atoms with Crippen LogP contribution in [0.4, 0.5) is 0 Å². The van der Waals surface area contributed by atoms with Gasteiger partial charge in [0, 0.05) is 12.1 Å². The van der Waals surface area contributed by atoms with Crippen molar-refractivity contribution in [2.24, 2.45) is 11.8 Å². The first-order valence-electron chi connectivity index (χ1n) is 9.23. The van der Waals surface area contributed by atoms with Crippen LogP contribution < -0.4 is 10.6 Å². The fourth-order valence-electron chi connectivity index (χ4n) is 3.73. The van der Waals surface area contributed by atoms with Crippen LogP contribution in [-0.2, 0) is 19.1 Å². The first-order valence-corrected chi connectivity index (χ1v) is 9.23. The Hall–Kier alpha value is -1.14. The molecule has 6 heteroatoms. The van der Waals surface area contributed by atoms with Crippen LogP contribution in [0.25, 0.3) is 0 Å². The molecular formula is C18H28N2O4. The number of nitrogens with one attached hydrogen (secondary N) is 2. The van der Waals surface area contributed by atoms with Crippen molar-refractivity contribution >= 4 is 11.8 Å². The largest absolute Gasteiger partial charge is 0.365 e. The predicted molar refractivity (Wildman–Crippen MR) is 87.3 cm³/mol. The van der Waals surface area contributed by atoms with Crippen LogP contribution in [0.1, 0.15) is 52.4 Å². The molecule has 24 heavy (non-hydrogen) atoms. The van der Waals surface area contributed by atoms with Crippen molar-refractivity contribution in [3.63, 3.8) is 0 Å². The molecule has 0 aromatic rings. The third-order valence-corrected chi connectivity index (χ3v) is 6.14. The molecular weight excluding hydrogens is 308 g/mol. The summed E-state index contributed by atoms with van der Waals surface area (Å²) in [5, 5.41) is 6.19. The molecule has 4 aliphatic rings. The molecule has 0 radical (unpaired) electrons. The second-order valence-electron chi connectivity index (χ2n) is 8.62. The van der Waals surface area contributed by atoms with Crippen LogP contribution in [-0.4, -0.2) is 48.3 Å². The van der Waals surface area contributed by atoms with Gasteiger partial charge in [0.1, 0.15) is 13.2 Å². The number of carbonyl (C=O) groups is 2. The summed E-state index contributed by atoms with van der Waals surface area (Å²) >= 11 is 0. The minimum atomic E-state index is -0.0656. The molecule has 4 rings (SSSR count). The minimum Gasteiger partial charge on any atom is -0.365 e. The minimum absolute atomic E-state index is 0.0317. The third-order valence-electron chi connectivity index (χ3n) is 6.14. The second-order valence-corrected chi connectivity index (χ2v) is 8.62. The van der Waals surface area contributed by atoms with Crippen molar-refractivity contribution in [1.29, 1.82) is 0 Å².